The van der Waals surface area contributed by atoms with Gasteiger partial charge in [-0.15, -0.1) is 11.8 Å². The Morgan fingerprint density at radius 2 is 1.95 bits per heavy atom. The molecule has 0 aromatic heterocycles. The molecule has 0 amide bonds. The number of thioether (sulfide) groups is 1. The summed E-state index contributed by atoms with van der Waals surface area (Å²) in [5, 5.41) is 3.85. The molecule has 0 saturated carbocycles. The molecular weight excluding hydrogens is 276 g/mol. The summed E-state index contributed by atoms with van der Waals surface area (Å²) < 4.78 is 0. The van der Waals surface area contributed by atoms with E-state index >= 15 is 0 Å². The van der Waals surface area contributed by atoms with Crippen molar-refractivity contribution in [3.8, 4) is 0 Å². The summed E-state index contributed by atoms with van der Waals surface area (Å²) >= 11 is 1.86. The summed E-state index contributed by atoms with van der Waals surface area (Å²) in [5.41, 5.74) is 1.67. The largest absolute Gasteiger partial charge is 0.364 e. The Hall–Kier alpha value is -0.670. The van der Waals surface area contributed by atoms with E-state index < -0.39 is 0 Å². The first-order valence-corrected chi connectivity index (χ1v) is 9.44. The Morgan fingerprint density at radius 3 is 2.52 bits per heavy atom. The fourth-order valence-corrected chi connectivity index (χ4v) is 3.99. The smallest absolute Gasteiger partial charge is 0.0507 e. The molecule has 21 heavy (non-hydrogen) atoms. The standard InChI is InChI=1S/C18H30N2S/c1-6-18(7-2)13-20(16(12-19-18)14(3)4)15-10-8-9-11-17(15)21-5/h8-11,14,16,19H,6-7,12-13H2,1-5H3. The molecule has 1 aromatic carbocycles. The molecule has 1 fully saturated rings. The third kappa shape index (κ3) is 3.40. The van der Waals surface area contributed by atoms with E-state index in [1.807, 2.05) is 11.8 Å². The van der Waals surface area contributed by atoms with Crippen LogP contribution in [0.25, 0.3) is 0 Å². The molecule has 1 aromatic rings. The Labute approximate surface area is 134 Å². The molecule has 1 atom stereocenters. The van der Waals surface area contributed by atoms with E-state index in [-0.39, 0.29) is 5.54 Å². The van der Waals surface area contributed by atoms with Gasteiger partial charge in [0.2, 0.25) is 0 Å². The lowest BCUT2D eigenvalue weighted by molar-refractivity contribution is 0.227. The van der Waals surface area contributed by atoms with Crippen LogP contribution in [-0.2, 0) is 0 Å². The van der Waals surface area contributed by atoms with Crippen molar-refractivity contribution >= 4 is 17.4 Å². The van der Waals surface area contributed by atoms with E-state index in [1.54, 1.807) is 0 Å². The zero-order valence-electron chi connectivity index (χ0n) is 14.1. The summed E-state index contributed by atoms with van der Waals surface area (Å²) in [6, 6.07) is 9.44. The molecule has 0 bridgehead atoms. The second kappa shape index (κ2) is 7.06. The fraction of sp³-hybridized carbons (Fsp3) is 0.667. The first-order valence-electron chi connectivity index (χ1n) is 8.21. The van der Waals surface area contributed by atoms with Gasteiger partial charge in [0.1, 0.15) is 0 Å². The van der Waals surface area contributed by atoms with Crippen LogP contribution in [0.5, 0.6) is 0 Å². The molecule has 1 saturated heterocycles. The minimum Gasteiger partial charge on any atom is -0.364 e. The number of piperazine rings is 1. The van der Waals surface area contributed by atoms with Gasteiger partial charge < -0.3 is 10.2 Å². The van der Waals surface area contributed by atoms with Gasteiger partial charge >= 0.3 is 0 Å². The van der Waals surface area contributed by atoms with Gasteiger partial charge in [0.25, 0.3) is 0 Å². The van der Waals surface area contributed by atoms with Gasteiger partial charge in [-0.3, -0.25) is 0 Å². The molecule has 1 aliphatic heterocycles. The van der Waals surface area contributed by atoms with Crippen molar-refractivity contribution in [3.63, 3.8) is 0 Å². The lowest BCUT2D eigenvalue weighted by Gasteiger charge is -2.50. The lowest BCUT2D eigenvalue weighted by Crippen LogP contribution is -2.65. The Kier molecular flexibility index (Phi) is 5.61. The van der Waals surface area contributed by atoms with Crippen molar-refractivity contribution in [3.05, 3.63) is 24.3 Å². The van der Waals surface area contributed by atoms with Gasteiger partial charge in [0.15, 0.2) is 0 Å². The van der Waals surface area contributed by atoms with Crippen LogP contribution >= 0.6 is 11.8 Å². The summed E-state index contributed by atoms with van der Waals surface area (Å²) in [6.07, 6.45) is 4.55. The SMILES string of the molecule is CCC1(CC)CN(c2ccccc2SC)C(C(C)C)CN1. The first-order chi connectivity index (χ1) is 10.1. The Balaban J connectivity index is 2.38. The van der Waals surface area contributed by atoms with E-state index in [2.05, 4.69) is 68.4 Å². The maximum atomic E-state index is 3.85. The van der Waals surface area contributed by atoms with Crippen molar-refractivity contribution in [2.24, 2.45) is 5.92 Å². The van der Waals surface area contributed by atoms with Gasteiger partial charge in [-0.25, -0.2) is 0 Å². The third-order valence-corrected chi connectivity index (χ3v) is 5.86. The molecule has 1 N–H and O–H groups in total. The molecule has 1 aliphatic rings. The first kappa shape index (κ1) is 16.7. The Bertz CT molecular complexity index is 454. The lowest BCUT2D eigenvalue weighted by atomic mass is 9.86. The van der Waals surface area contributed by atoms with Crippen molar-refractivity contribution in [2.45, 2.75) is 57.0 Å². The highest BCUT2D eigenvalue weighted by molar-refractivity contribution is 7.98. The number of anilines is 1. The van der Waals surface area contributed by atoms with Crippen LogP contribution < -0.4 is 10.2 Å². The molecule has 0 aliphatic carbocycles. The van der Waals surface area contributed by atoms with Crippen LogP contribution in [0.4, 0.5) is 5.69 Å². The molecule has 1 heterocycles. The number of para-hydroxylation sites is 1. The Morgan fingerprint density at radius 1 is 1.29 bits per heavy atom. The number of benzene rings is 1. The number of nitrogens with zero attached hydrogens (tertiary/aromatic N) is 1. The number of rotatable bonds is 5. The van der Waals surface area contributed by atoms with E-state index in [9.17, 15) is 0 Å². The molecule has 0 spiro atoms. The maximum Gasteiger partial charge on any atom is 0.0507 e. The highest BCUT2D eigenvalue weighted by atomic mass is 32.2. The second-order valence-electron chi connectivity index (χ2n) is 6.48. The van der Waals surface area contributed by atoms with Gasteiger partial charge in [-0.2, -0.15) is 0 Å². The van der Waals surface area contributed by atoms with Crippen molar-refractivity contribution in [2.75, 3.05) is 24.2 Å². The maximum absolute atomic E-state index is 3.85. The van der Waals surface area contributed by atoms with Gasteiger partial charge in [-0.1, -0.05) is 39.8 Å². The topological polar surface area (TPSA) is 15.3 Å². The quantitative estimate of drug-likeness (QED) is 0.812. The fourth-order valence-electron chi connectivity index (χ4n) is 3.38. The van der Waals surface area contributed by atoms with E-state index in [0.717, 1.165) is 13.1 Å². The zero-order valence-corrected chi connectivity index (χ0v) is 15.0. The minimum atomic E-state index is 0.261. The van der Waals surface area contributed by atoms with Crippen LogP contribution in [0, 0.1) is 5.92 Å². The van der Waals surface area contributed by atoms with Gasteiger partial charge in [-0.05, 0) is 37.1 Å². The van der Waals surface area contributed by atoms with Crippen LogP contribution in [0.3, 0.4) is 0 Å². The molecule has 0 radical (unpaired) electrons. The highest BCUT2D eigenvalue weighted by Gasteiger charge is 2.38. The highest BCUT2D eigenvalue weighted by Crippen LogP contribution is 2.35. The third-order valence-electron chi connectivity index (χ3n) is 5.08. The van der Waals surface area contributed by atoms with E-state index in [4.69, 9.17) is 0 Å². The molecular formula is C18H30N2S. The van der Waals surface area contributed by atoms with Crippen LogP contribution in [-0.4, -0.2) is 30.9 Å². The van der Waals surface area contributed by atoms with Crippen LogP contribution in [0.2, 0.25) is 0 Å². The predicted molar refractivity (Wildman–Crippen MR) is 95.5 cm³/mol. The molecule has 2 rings (SSSR count). The number of hydrogen-bond donors (Lipinski definition) is 1. The summed E-state index contributed by atoms with van der Waals surface area (Å²) in [5.74, 6) is 0.652. The van der Waals surface area contributed by atoms with E-state index in [1.165, 1.54) is 23.4 Å². The summed E-state index contributed by atoms with van der Waals surface area (Å²) in [6.45, 7) is 11.5. The van der Waals surface area contributed by atoms with Crippen molar-refractivity contribution in [1.29, 1.82) is 0 Å². The molecule has 1 unspecified atom stereocenters. The van der Waals surface area contributed by atoms with Crippen molar-refractivity contribution < 1.29 is 0 Å². The average Bonchev–Trinajstić information content (AvgIpc) is 2.54. The predicted octanol–water partition coefficient (Wildman–Crippen LogP) is 4.40. The zero-order chi connectivity index (χ0) is 15.5. The molecule has 2 nitrogen and oxygen atoms in total. The molecule has 3 heteroatoms. The normalized spacial score (nSPS) is 21.8. The van der Waals surface area contributed by atoms with Gasteiger partial charge in [0.05, 0.1) is 5.69 Å². The summed E-state index contributed by atoms with van der Waals surface area (Å²) in [4.78, 5) is 4.06. The minimum absolute atomic E-state index is 0.261. The summed E-state index contributed by atoms with van der Waals surface area (Å²) in [7, 11) is 0. The van der Waals surface area contributed by atoms with E-state index in [0.29, 0.717) is 12.0 Å². The van der Waals surface area contributed by atoms with Crippen molar-refractivity contribution in [1.82, 2.24) is 5.32 Å². The number of hydrogen-bond acceptors (Lipinski definition) is 3. The second-order valence-corrected chi connectivity index (χ2v) is 7.33. The monoisotopic (exact) mass is 306 g/mol. The number of nitrogens with one attached hydrogen (secondary N) is 1. The van der Waals surface area contributed by atoms with Gasteiger partial charge in [0, 0.05) is 29.6 Å². The van der Waals surface area contributed by atoms with Crippen LogP contribution in [0.1, 0.15) is 40.5 Å². The average molecular weight is 307 g/mol. The molecule has 118 valence electrons. The van der Waals surface area contributed by atoms with Crippen LogP contribution in [0.15, 0.2) is 29.2 Å².